The fourth-order valence-corrected chi connectivity index (χ4v) is 5.26. The van der Waals surface area contributed by atoms with Crippen molar-refractivity contribution in [2.75, 3.05) is 18.4 Å². The minimum absolute atomic E-state index is 0.0446. The van der Waals surface area contributed by atoms with E-state index in [2.05, 4.69) is 23.5 Å². The molecule has 1 aliphatic heterocycles. The third-order valence-electron chi connectivity index (χ3n) is 5.14. The smallest absolute Gasteiger partial charge is 0.280 e. The molecule has 25 heavy (non-hydrogen) atoms. The second-order valence-electron chi connectivity index (χ2n) is 6.85. The molecule has 1 unspecified atom stereocenters. The summed E-state index contributed by atoms with van der Waals surface area (Å²) in [6, 6.07) is 8.42. The van der Waals surface area contributed by atoms with Crippen molar-refractivity contribution in [2.45, 2.75) is 32.2 Å². The number of aryl methyl sites for hydroxylation is 1. The molecule has 0 fully saturated rings. The normalized spacial score (nSPS) is 18.5. The molecule has 2 amide bonds. The molecule has 5 nitrogen and oxygen atoms in total. The van der Waals surface area contributed by atoms with Crippen LogP contribution in [0.2, 0.25) is 0 Å². The predicted molar refractivity (Wildman–Crippen MR) is 98.0 cm³/mol. The molecular formula is C19H22N3O2S+. The number of carbonyl (C=O) groups is 2. The molecule has 0 saturated carbocycles. The number of hydrogen-bond donors (Lipinski definition) is 3. The van der Waals surface area contributed by atoms with Crippen molar-refractivity contribution < 1.29 is 14.5 Å². The van der Waals surface area contributed by atoms with Crippen molar-refractivity contribution in [3.8, 4) is 0 Å². The number of hydrogen-bond acceptors (Lipinski definition) is 3. The molecule has 6 heteroatoms. The van der Waals surface area contributed by atoms with Crippen molar-refractivity contribution in [1.29, 1.82) is 0 Å². The van der Waals surface area contributed by atoms with Gasteiger partial charge in [-0.2, -0.15) is 0 Å². The summed E-state index contributed by atoms with van der Waals surface area (Å²) in [5, 5.41) is 3.59. The maximum Gasteiger partial charge on any atom is 0.280 e. The Balaban J connectivity index is 1.44. The Morgan fingerprint density at radius 3 is 2.76 bits per heavy atom. The molecule has 1 aliphatic carbocycles. The van der Waals surface area contributed by atoms with Gasteiger partial charge in [-0.05, 0) is 30.4 Å². The third kappa shape index (κ3) is 3.19. The summed E-state index contributed by atoms with van der Waals surface area (Å²) >= 11 is 1.51. The largest absolute Gasteiger partial charge is 0.365 e. The van der Waals surface area contributed by atoms with E-state index in [1.54, 1.807) is 0 Å². The average Bonchev–Trinajstić information content (AvgIpc) is 3.14. The Morgan fingerprint density at radius 1 is 1.16 bits per heavy atom. The molecule has 4 rings (SSSR count). The topological polar surface area (TPSA) is 76.6 Å². The first-order chi connectivity index (χ1) is 12.1. The van der Waals surface area contributed by atoms with Gasteiger partial charge in [0.15, 0.2) is 6.54 Å². The minimum atomic E-state index is -0.436. The standard InChI is InChI=1S/C19H21N3O2S/c20-18(24)17-14-6-3-7-15(14)25-19(17)21-16(23)11-22-9-8-12-4-1-2-5-13(12)10-22/h1-2,4-5H,3,6-11H2,(H2,20,24)(H,21,23)/p+1. The van der Waals surface area contributed by atoms with Crippen molar-refractivity contribution >= 4 is 28.2 Å². The van der Waals surface area contributed by atoms with E-state index in [4.69, 9.17) is 5.73 Å². The summed E-state index contributed by atoms with van der Waals surface area (Å²) in [7, 11) is 0. The third-order valence-corrected chi connectivity index (χ3v) is 6.35. The van der Waals surface area contributed by atoms with Crippen LogP contribution in [0.5, 0.6) is 0 Å². The van der Waals surface area contributed by atoms with Gasteiger partial charge in [0.05, 0.1) is 12.1 Å². The lowest BCUT2D eigenvalue weighted by molar-refractivity contribution is -0.907. The number of quaternary nitrogens is 1. The quantitative estimate of drug-likeness (QED) is 0.762. The Morgan fingerprint density at radius 2 is 1.96 bits per heavy atom. The maximum atomic E-state index is 12.5. The average molecular weight is 356 g/mol. The second kappa shape index (κ2) is 6.61. The van der Waals surface area contributed by atoms with E-state index in [0.717, 1.165) is 44.3 Å². The number of carbonyl (C=O) groups excluding carboxylic acids is 2. The highest BCUT2D eigenvalue weighted by molar-refractivity contribution is 7.17. The van der Waals surface area contributed by atoms with Gasteiger partial charge in [0, 0.05) is 16.9 Å². The number of rotatable bonds is 4. The van der Waals surface area contributed by atoms with E-state index in [0.29, 0.717) is 17.1 Å². The molecule has 2 aromatic rings. The SMILES string of the molecule is NC(=O)c1c(NC(=O)C[NH+]2CCc3ccccc3C2)sc2c1CCC2. The van der Waals surface area contributed by atoms with Crippen molar-refractivity contribution in [2.24, 2.45) is 5.73 Å². The highest BCUT2D eigenvalue weighted by atomic mass is 32.1. The summed E-state index contributed by atoms with van der Waals surface area (Å²) in [5.41, 5.74) is 9.85. The molecule has 2 aliphatic rings. The summed E-state index contributed by atoms with van der Waals surface area (Å²) in [5.74, 6) is -0.481. The van der Waals surface area contributed by atoms with Gasteiger partial charge in [-0.15, -0.1) is 11.3 Å². The number of thiophene rings is 1. The van der Waals surface area contributed by atoms with Gasteiger partial charge >= 0.3 is 0 Å². The summed E-state index contributed by atoms with van der Waals surface area (Å²) in [6.45, 7) is 2.23. The maximum absolute atomic E-state index is 12.5. The number of benzene rings is 1. The van der Waals surface area contributed by atoms with Crippen LogP contribution in [0.25, 0.3) is 0 Å². The van der Waals surface area contributed by atoms with E-state index in [-0.39, 0.29) is 5.91 Å². The van der Waals surface area contributed by atoms with Crippen LogP contribution in [-0.4, -0.2) is 24.9 Å². The van der Waals surface area contributed by atoms with E-state index >= 15 is 0 Å². The Labute approximate surface area is 150 Å². The van der Waals surface area contributed by atoms with Gasteiger partial charge in [-0.25, -0.2) is 0 Å². The molecule has 0 spiro atoms. The number of amides is 2. The molecular weight excluding hydrogens is 334 g/mol. The van der Waals surface area contributed by atoms with Gasteiger partial charge < -0.3 is 16.0 Å². The summed E-state index contributed by atoms with van der Waals surface area (Å²) in [4.78, 5) is 26.8. The van der Waals surface area contributed by atoms with Gasteiger partial charge in [-0.1, -0.05) is 24.3 Å². The number of nitrogens with one attached hydrogen (secondary N) is 2. The molecule has 1 aromatic carbocycles. The molecule has 0 saturated heterocycles. The van der Waals surface area contributed by atoms with E-state index in [1.165, 1.54) is 32.2 Å². The van der Waals surface area contributed by atoms with E-state index < -0.39 is 5.91 Å². The first kappa shape index (κ1) is 16.3. The highest BCUT2D eigenvalue weighted by Gasteiger charge is 2.27. The van der Waals surface area contributed by atoms with Gasteiger partial charge in [-0.3, -0.25) is 9.59 Å². The summed E-state index contributed by atoms with van der Waals surface area (Å²) < 4.78 is 0. The van der Waals surface area contributed by atoms with Crippen LogP contribution in [0.4, 0.5) is 5.00 Å². The molecule has 0 bridgehead atoms. The second-order valence-corrected chi connectivity index (χ2v) is 7.95. The van der Waals surface area contributed by atoms with Crippen molar-refractivity contribution in [1.82, 2.24) is 0 Å². The Kier molecular flexibility index (Phi) is 4.31. The molecule has 4 N–H and O–H groups in total. The molecule has 1 aromatic heterocycles. The van der Waals surface area contributed by atoms with Gasteiger partial charge in [0.1, 0.15) is 11.5 Å². The first-order valence-electron chi connectivity index (χ1n) is 8.76. The molecule has 1 atom stereocenters. The van der Waals surface area contributed by atoms with Crippen molar-refractivity contribution in [3.63, 3.8) is 0 Å². The monoisotopic (exact) mass is 356 g/mol. The molecule has 0 radical (unpaired) electrons. The predicted octanol–water partition coefficient (Wildman–Crippen LogP) is 0.915. The first-order valence-corrected chi connectivity index (χ1v) is 9.58. The zero-order chi connectivity index (χ0) is 17.4. The lowest BCUT2D eigenvalue weighted by Gasteiger charge is -2.25. The van der Waals surface area contributed by atoms with Crippen LogP contribution in [-0.2, 0) is 30.6 Å². The lowest BCUT2D eigenvalue weighted by Crippen LogP contribution is -3.12. The van der Waals surface area contributed by atoms with Crippen LogP contribution in [0.15, 0.2) is 24.3 Å². The number of anilines is 1. The minimum Gasteiger partial charge on any atom is -0.365 e. The Hall–Kier alpha value is -2.18. The van der Waals surface area contributed by atoms with Crippen LogP contribution in [0.1, 0.15) is 38.3 Å². The van der Waals surface area contributed by atoms with E-state index in [1.807, 2.05) is 6.07 Å². The van der Waals surface area contributed by atoms with Crippen LogP contribution < -0.4 is 16.0 Å². The summed E-state index contributed by atoms with van der Waals surface area (Å²) in [6.07, 6.45) is 3.92. The zero-order valence-electron chi connectivity index (χ0n) is 14.1. The van der Waals surface area contributed by atoms with Crippen LogP contribution in [0, 0.1) is 0 Å². The molecule has 2 heterocycles. The number of primary amides is 1. The lowest BCUT2D eigenvalue weighted by atomic mass is 10.00. The number of fused-ring (bicyclic) bond motifs is 2. The number of nitrogens with two attached hydrogens (primary N) is 1. The van der Waals surface area contributed by atoms with Crippen LogP contribution >= 0.6 is 11.3 Å². The zero-order valence-corrected chi connectivity index (χ0v) is 14.9. The Bertz CT molecular complexity index is 843. The van der Waals surface area contributed by atoms with Crippen LogP contribution in [0.3, 0.4) is 0 Å². The fraction of sp³-hybridized carbons (Fsp3) is 0.368. The highest BCUT2D eigenvalue weighted by Crippen LogP contribution is 2.38. The molecule has 130 valence electrons. The fourth-order valence-electron chi connectivity index (χ4n) is 3.94. The van der Waals surface area contributed by atoms with Crippen molar-refractivity contribution in [3.05, 3.63) is 51.4 Å². The van der Waals surface area contributed by atoms with Gasteiger partial charge in [0.2, 0.25) is 0 Å². The van der Waals surface area contributed by atoms with Gasteiger partial charge in [0.25, 0.3) is 11.8 Å². The van der Waals surface area contributed by atoms with E-state index in [9.17, 15) is 9.59 Å².